The maximum atomic E-state index is 13.2. The summed E-state index contributed by atoms with van der Waals surface area (Å²) in [7, 11) is 0. The van der Waals surface area contributed by atoms with Crippen molar-refractivity contribution >= 4 is 5.91 Å². The molecule has 0 radical (unpaired) electrons. The van der Waals surface area contributed by atoms with Gasteiger partial charge in [-0.3, -0.25) is 9.78 Å². The molecule has 1 aromatic carbocycles. The van der Waals surface area contributed by atoms with Crippen LogP contribution in [0.2, 0.25) is 0 Å². The molecular formula is C21H19FN4O2. The zero-order chi connectivity index (χ0) is 19.5. The molecule has 1 amide bonds. The van der Waals surface area contributed by atoms with Gasteiger partial charge in [0.2, 0.25) is 0 Å². The minimum absolute atomic E-state index is 0.134. The number of aromatic nitrogens is 3. The fourth-order valence-electron chi connectivity index (χ4n) is 3.19. The molecular weight excluding hydrogens is 359 g/mol. The van der Waals surface area contributed by atoms with E-state index < -0.39 is 0 Å². The van der Waals surface area contributed by atoms with E-state index in [1.807, 2.05) is 12.1 Å². The van der Waals surface area contributed by atoms with E-state index >= 15 is 0 Å². The van der Waals surface area contributed by atoms with Crippen LogP contribution in [0.15, 0.2) is 55.0 Å². The van der Waals surface area contributed by atoms with Crippen molar-refractivity contribution in [3.05, 3.63) is 77.6 Å². The molecule has 4 rings (SSSR count). The number of carbonyl (C=O) groups excluding carboxylic acids is 1. The number of hydrogen-bond donors (Lipinski definition) is 0. The van der Waals surface area contributed by atoms with E-state index in [1.54, 1.807) is 42.5 Å². The third-order valence-electron chi connectivity index (χ3n) is 4.72. The molecule has 28 heavy (non-hydrogen) atoms. The minimum atomic E-state index is -0.297. The number of halogens is 1. The van der Waals surface area contributed by atoms with E-state index in [1.165, 1.54) is 12.1 Å². The summed E-state index contributed by atoms with van der Waals surface area (Å²) in [6.45, 7) is 3.10. The second-order valence-corrected chi connectivity index (χ2v) is 6.60. The molecule has 142 valence electrons. The molecule has 6 nitrogen and oxygen atoms in total. The lowest BCUT2D eigenvalue weighted by molar-refractivity contribution is -0.0229. The predicted molar refractivity (Wildman–Crippen MR) is 101 cm³/mol. The highest BCUT2D eigenvalue weighted by atomic mass is 19.1. The Labute approximate surface area is 162 Å². The molecule has 1 atom stereocenters. The summed E-state index contributed by atoms with van der Waals surface area (Å²) in [6.07, 6.45) is 4.65. The molecule has 3 heterocycles. The number of benzene rings is 1. The maximum Gasteiger partial charge on any atom is 0.257 e. The first-order valence-electron chi connectivity index (χ1n) is 9.02. The Hall–Kier alpha value is -3.19. The standard InChI is InChI=1S/C21H19FN4O2/c1-14-18(12-24-20(25-14)16-3-2-8-23-11-16)21(27)26-9-10-28-19(13-26)15-4-6-17(22)7-5-15/h2-8,11-12,19H,9-10,13H2,1H3/t19-/m1/s1. The van der Waals surface area contributed by atoms with Gasteiger partial charge in [-0.2, -0.15) is 0 Å². The fraction of sp³-hybridized carbons (Fsp3) is 0.238. The highest BCUT2D eigenvalue weighted by molar-refractivity contribution is 5.95. The van der Waals surface area contributed by atoms with E-state index in [-0.39, 0.29) is 17.8 Å². The van der Waals surface area contributed by atoms with Crippen LogP contribution in [0.1, 0.15) is 27.7 Å². The van der Waals surface area contributed by atoms with E-state index in [4.69, 9.17) is 4.74 Å². The summed E-state index contributed by atoms with van der Waals surface area (Å²) < 4.78 is 18.9. The number of rotatable bonds is 3. The SMILES string of the molecule is Cc1nc(-c2cccnc2)ncc1C(=O)N1CCO[C@@H](c2ccc(F)cc2)C1. The zero-order valence-electron chi connectivity index (χ0n) is 15.4. The topological polar surface area (TPSA) is 68.2 Å². The monoisotopic (exact) mass is 378 g/mol. The van der Waals surface area contributed by atoms with Crippen molar-refractivity contribution < 1.29 is 13.9 Å². The van der Waals surface area contributed by atoms with E-state index in [9.17, 15) is 9.18 Å². The molecule has 0 aliphatic carbocycles. The minimum Gasteiger partial charge on any atom is -0.370 e. The van der Waals surface area contributed by atoms with Gasteiger partial charge in [-0.05, 0) is 36.8 Å². The predicted octanol–water partition coefficient (Wildman–Crippen LogP) is 3.20. The van der Waals surface area contributed by atoms with Crippen LogP contribution in [0, 0.1) is 12.7 Å². The molecule has 1 aliphatic heterocycles. The van der Waals surface area contributed by atoms with Crippen molar-refractivity contribution in [3.8, 4) is 11.4 Å². The van der Waals surface area contributed by atoms with E-state index in [0.717, 1.165) is 11.1 Å². The van der Waals surface area contributed by atoms with Crippen LogP contribution in [-0.2, 0) is 4.74 Å². The third-order valence-corrected chi connectivity index (χ3v) is 4.72. The summed E-state index contributed by atoms with van der Waals surface area (Å²) in [5.74, 6) is 0.105. The van der Waals surface area contributed by atoms with Gasteiger partial charge < -0.3 is 9.64 Å². The summed E-state index contributed by atoms with van der Waals surface area (Å²) in [6, 6.07) is 9.86. The zero-order valence-corrected chi connectivity index (χ0v) is 15.4. The third kappa shape index (κ3) is 3.75. The molecule has 2 aromatic heterocycles. The molecule has 1 saturated heterocycles. The lowest BCUT2D eigenvalue weighted by Gasteiger charge is -2.33. The average Bonchev–Trinajstić information content (AvgIpc) is 2.74. The number of ether oxygens (including phenoxy) is 1. The number of hydrogen-bond acceptors (Lipinski definition) is 5. The van der Waals surface area contributed by atoms with Crippen LogP contribution >= 0.6 is 0 Å². The summed E-state index contributed by atoms with van der Waals surface area (Å²) in [5.41, 5.74) is 2.72. The highest BCUT2D eigenvalue weighted by Gasteiger charge is 2.27. The number of nitrogens with zero attached hydrogens (tertiary/aromatic N) is 4. The molecule has 0 spiro atoms. The van der Waals surface area contributed by atoms with E-state index in [2.05, 4.69) is 15.0 Å². The second-order valence-electron chi connectivity index (χ2n) is 6.60. The highest BCUT2D eigenvalue weighted by Crippen LogP contribution is 2.24. The van der Waals surface area contributed by atoms with Crippen molar-refractivity contribution in [3.63, 3.8) is 0 Å². The van der Waals surface area contributed by atoms with Crippen molar-refractivity contribution in [2.45, 2.75) is 13.0 Å². The summed E-state index contributed by atoms with van der Waals surface area (Å²) in [4.78, 5) is 27.6. The molecule has 7 heteroatoms. The largest absolute Gasteiger partial charge is 0.370 e. The van der Waals surface area contributed by atoms with Crippen LogP contribution < -0.4 is 0 Å². The van der Waals surface area contributed by atoms with Crippen LogP contribution in [-0.4, -0.2) is 45.5 Å². The van der Waals surface area contributed by atoms with Gasteiger partial charge in [-0.25, -0.2) is 14.4 Å². The van der Waals surface area contributed by atoms with Gasteiger partial charge >= 0.3 is 0 Å². The number of carbonyl (C=O) groups is 1. The molecule has 1 aliphatic rings. The first kappa shape index (κ1) is 18.2. The molecule has 0 saturated carbocycles. The van der Waals surface area contributed by atoms with Crippen molar-refractivity contribution in [1.82, 2.24) is 19.9 Å². The van der Waals surface area contributed by atoms with Gasteiger partial charge in [0, 0.05) is 30.7 Å². The van der Waals surface area contributed by atoms with Crippen molar-refractivity contribution in [1.29, 1.82) is 0 Å². The molecule has 1 fully saturated rings. The Balaban J connectivity index is 1.53. The van der Waals surface area contributed by atoms with Gasteiger partial charge in [0.1, 0.15) is 11.9 Å². The number of amides is 1. The molecule has 3 aromatic rings. The Kier molecular flexibility index (Phi) is 5.08. The van der Waals surface area contributed by atoms with Gasteiger partial charge in [0.05, 0.1) is 24.4 Å². The van der Waals surface area contributed by atoms with E-state index in [0.29, 0.717) is 36.8 Å². The Bertz CT molecular complexity index is 979. The summed E-state index contributed by atoms with van der Waals surface area (Å²) >= 11 is 0. The molecule has 0 unspecified atom stereocenters. The summed E-state index contributed by atoms with van der Waals surface area (Å²) in [5, 5.41) is 0. The average molecular weight is 378 g/mol. The molecule has 0 bridgehead atoms. The smallest absolute Gasteiger partial charge is 0.257 e. The number of aryl methyl sites for hydroxylation is 1. The molecule has 0 N–H and O–H groups in total. The normalized spacial score (nSPS) is 16.8. The Morgan fingerprint density at radius 3 is 2.75 bits per heavy atom. The first-order chi connectivity index (χ1) is 13.6. The van der Waals surface area contributed by atoms with Gasteiger partial charge in [0.25, 0.3) is 5.91 Å². The lowest BCUT2D eigenvalue weighted by Crippen LogP contribution is -2.42. The Morgan fingerprint density at radius 1 is 1.21 bits per heavy atom. The second kappa shape index (κ2) is 7.82. The quantitative estimate of drug-likeness (QED) is 0.700. The van der Waals surface area contributed by atoms with Gasteiger partial charge in [-0.1, -0.05) is 12.1 Å². The van der Waals surface area contributed by atoms with Crippen LogP contribution in [0.4, 0.5) is 4.39 Å². The van der Waals surface area contributed by atoms with Crippen LogP contribution in [0.25, 0.3) is 11.4 Å². The number of morpholine rings is 1. The van der Waals surface area contributed by atoms with Crippen LogP contribution in [0.3, 0.4) is 0 Å². The number of pyridine rings is 1. The fourth-order valence-corrected chi connectivity index (χ4v) is 3.19. The lowest BCUT2D eigenvalue weighted by atomic mass is 10.1. The first-order valence-corrected chi connectivity index (χ1v) is 9.02. The van der Waals surface area contributed by atoms with Gasteiger partial charge in [0.15, 0.2) is 5.82 Å². The maximum absolute atomic E-state index is 13.2. The van der Waals surface area contributed by atoms with Crippen LogP contribution in [0.5, 0.6) is 0 Å². The Morgan fingerprint density at radius 2 is 2.04 bits per heavy atom. The van der Waals surface area contributed by atoms with Gasteiger partial charge in [-0.15, -0.1) is 0 Å². The van der Waals surface area contributed by atoms with Crippen molar-refractivity contribution in [2.75, 3.05) is 19.7 Å². The van der Waals surface area contributed by atoms with Crippen molar-refractivity contribution in [2.24, 2.45) is 0 Å².